The first-order chi connectivity index (χ1) is 8.84. The molecule has 0 aromatic rings. The Kier molecular flexibility index (Phi) is 2.67. The van der Waals surface area contributed by atoms with Crippen molar-refractivity contribution in [3.63, 3.8) is 0 Å². The van der Waals surface area contributed by atoms with E-state index in [9.17, 15) is 15.0 Å². The van der Waals surface area contributed by atoms with Gasteiger partial charge >= 0.3 is 5.97 Å². The second-order valence-corrected chi connectivity index (χ2v) is 6.45. The van der Waals surface area contributed by atoms with Gasteiger partial charge in [0.2, 0.25) is 0 Å². The second-order valence-electron chi connectivity index (χ2n) is 6.45. The van der Waals surface area contributed by atoms with Crippen LogP contribution in [0.5, 0.6) is 0 Å². The number of hydrogen-bond donors (Lipinski definition) is 2. The number of ether oxygens (including phenoxy) is 1. The van der Waals surface area contributed by atoms with Crippen molar-refractivity contribution in [1.29, 1.82) is 0 Å². The van der Waals surface area contributed by atoms with Gasteiger partial charge in [-0.1, -0.05) is 25.7 Å². The van der Waals surface area contributed by atoms with Gasteiger partial charge in [-0.2, -0.15) is 0 Å². The Balaban J connectivity index is 1.95. The van der Waals surface area contributed by atoms with Crippen LogP contribution in [0.4, 0.5) is 0 Å². The molecule has 3 aliphatic rings. The van der Waals surface area contributed by atoms with Crippen molar-refractivity contribution in [2.45, 2.75) is 44.5 Å². The first-order valence-electron chi connectivity index (χ1n) is 6.78. The molecule has 1 aliphatic heterocycles. The molecule has 0 aromatic heterocycles. The smallest absolute Gasteiger partial charge is 0.334 e. The van der Waals surface area contributed by atoms with Crippen LogP contribution in [0.2, 0.25) is 0 Å². The van der Waals surface area contributed by atoms with Gasteiger partial charge in [-0.15, -0.1) is 0 Å². The van der Waals surface area contributed by atoms with Crippen LogP contribution in [0.3, 0.4) is 0 Å². The summed E-state index contributed by atoms with van der Waals surface area (Å²) in [6, 6.07) is 0. The topological polar surface area (TPSA) is 66.8 Å². The molecule has 0 spiro atoms. The average Bonchev–Trinajstić information content (AvgIpc) is 2.60. The summed E-state index contributed by atoms with van der Waals surface area (Å²) in [6.07, 6.45) is -0.0604. The number of carbonyl (C=O) groups is 1. The molecule has 0 aromatic carbocycles. The van der Waals surface area contributed by atoms with Crippen LogP contribution < -0.4 is 0 Å². The molecule has 1 heterocycles. The maximum Gasteiger partial charge on any atom is 0.334 e. The molecule has 2 N–H and O–H groups in total. The van der Waals surface area contributed by atoms with E-state index in [1.54, 1.807) is 0 Å². The van der Waals surface area contributed by atoms with Gasteiger partial charge < -0.3 is 14.9 Å². The van der Waals surface area contributed by atoms with Crippen molar-refractivity contribution >= 4 is 5.97 Å². The third kappa shape index (κ3) is 1.63. The number of carbonyl (C=O) groups excluding carboxylic acids is 1. The van der Waals surface area contributed by atoms with Crippen LogP contribution in [-0.4, -0.2) is 34.5 Å². The lowest BCUT2D eigenvalue weighted by molar-refractivity contribution is -0.154. The van der Waals surface area contributed by atoms with Gasteiger partial charge in [-0.25, -0.2) is 4.79 Å². The lowest BCUT2D eigenvalue weighted by Gasteiger charge is -2.53. The summed E-state index contributed by atoms with van der Waals surface area (Å²) in [6.45, 7) is 9.84. The van der Waals surface area contributed by atoms with Gasteiger partial charge in [0.25, 0.3) is 0 Å². The van der Waals surface area contributed by atoms with E-state index in [4.69, 9.17) is 4.74 Å². The fraction of sp³-hybridized carbons (Fsp3) is 0.667. The van der Waals surface area contributed by atoms with E-state index in [0.717, 1.165) is 12.0 Å². The van der Waals surface area contributed by atoms with E-state index in [0.29, 0.717) is 18.4 Å². The number of hydrogen-bond acceptors (Lipinski definition) is 4. The number of rotatable bonds is 0. The van der Waals surface area contributed by atoms with E-state index in [1.165, 1.54) is 0 Å². The van der Waals surface area contributed by atoms with Crippen LogP contribution in [0.25, 0.3) is 0 Å². The van der Waals surface area contributed by atoms with Gasteiger partial charge in [0.1, 0.15) is 6.10 Å². The third-order valence-electron chi connectivity index (χ3n) is 5.35. The Morgan fingerprint density at radius 2 is 2.05 bits per heavy atom. The summed E-state index contributed by atoms with van der Waals surface area (Å²) in [5, 5.41) is 20.3. The number of fused-ring (bicyclic) bond motifs is 2. The second kappa shape index (κ2) is 3.93. The molecule has 0 bridgehead atoms. The third-order valence-corrected chi connectivity index (χ3v) is 5.35. The van der Waals surface area contributed by atoms with Crippen LogP contribution in [0.1, 0.15) is 26.2 Å². The molecule has 4 heteroatoms. The lowest BCUT2D eigenvalue weighted by atomic mass is 9.54. The molecule has 0 radical (unpaired) electrons. The van der Waals surface area contributed by atoms with E-state index in [1.807, 2.05) is 6.92 Å². The quantitative estimate of drug-likeness (QED) is 0.392. The molecule has 0 unspecified atom stereocenters. The zero-order chi connectivity index (χ0) is 13.9. The fourth-order valence-electron chi connectivity index (χ4n) is 4.17. The van der Waals surface area contributed by atoms with Crippen molar-refractivity contribution < 1.29 is 19.7 Å². The summed E-state index contributed by atoms with van der Waals surface area (Å²) in [5.74, 6) is -0.180. The first-order valence-corrected chi connectivity index (χ1v) is 6.78. The molecule has 1 saturated heterocycles. The van der Waals surface area contributed by atoms with Crippen LogP contribution in [0, 0.1) is 17.3 Å². The normalized spacial score (nSPS) is 49.6. The molecule has 0 amide bonds. The molecule has 4 nitrogen and oxygen atoms in total. The Labute approximate surface area is 112 Å². The number of aliphatic hydroxyl groups is 2. The number of aliphatic hydroxyl groups excluding tert-OH is 2. The van der Waals surface area contributed by atoms with Gasteiger partial charge in [0.15, 0.2) is 0 Å². The van der Waals surface area contributed by atoms with Gasteiger partial charge in [-0.3, -0.25) is 0 Å². The molecule has 3 fully saturated rings. The Morgan fingerprint density at radius 3 is 2.74 bits per heavy atom. The highest BCUT2D eigenvalue weighted by Crippen LogP contribution is 2.56. The molecule has 3 rings (SSSR count). The zero-order valence-electron chi connectivity index (χ0n) is 11.1. The zero-order valence-corrected chi connectivity index (χ0v) is 11.1. The highest BCUT2D eigenvalue weighted by Gasteiger charge is 2.57. The summed E-state index contributed by atoms with van der Waals surface area (Å²) in [5.41, 5.74) is 1.03. The lowest BCUT2D eigenvalue weighted by Crippen LogP contribution is -2.55. The summed E-state index contributed by atoms with van der Waals surface area (Å²) < 4.78 is 5.35. The van der Waals surface area contributed by atoms with Crippen molar-refractivity contribution in [1.82, 2.24) is 0 Å². The fourth-order valence-corrected chi connectivity index (χ4v) is 4.17. The van der Waals surface area contributed by atoms with Crippen LogP contribution in [-0.2, 0) is 9.53 Å². The monoisotopic (exact) mass is 264 g/mol. The molecule has 2 saturated carbocycles. The van der Waals surface area contributed by atoms with Crippen molar-refractivity contribution in [2.75, 3.05) is 0 Å². The summed E-state index contributed by atoms with van der Waals surface area (Å²) >= 11 is 0. The predicted molar refractivity (Wildman–Crippen MR) is 69.1 cm³/mol. The molecule has 19 heavy (non-hydrogen) atoms. The molecular formula is C15H20O4. The van der Waals surface area contributed by atoms with Crippen molar-refractivity contribution in [3.8, 4) is 0 Å². The highest BCUT2D eigenvalue weighted by atomic mass is 16.6. The van der Waals surface area contributed by atoms with Gasteiger partial charge in [0.05, 0.1) is 12.2 Å². The number of esters is 1. The average molecular weight is 264 g/mol. The maximum absolute atomic E-state index is 11.6. The van der Waals surface area contributed by atoms with E-state index < -0.39 is 17.6 Å². The Hall–Kier alpha value is -1.13. The Morgan fingerprint density at radius 1 is 1.37 bits per heavy atom. The molecule has 6 atom stereocenters. The van der Waals surface area contributed by atoms with E-state index in [-0.39, 0.29) is 23.9 Å². The van der Waals surface area contributed by atoms with Gasteiger partial charge in [-0.05, 0) is 25.2 Å². The minimum atomic E-state index is -0.795. The summed E-state index contributed by atoms with van der Waals surface area (Å²) in [4.78, 5) is 11.6. The first kappa shape index (κ1) is 12.9. The molecule has 2 aliphatic carbocycles. The predicted octanol–water partition coefficient (Wildman–Crippen LogP) is 1.18. The minimum Gasteiger partial charge on any atom is -0.458 e. The van der Waals surface area contributed by atoms with E-state index in [2.05, 4.69) is 13.2 Å². The largest absolute Gasteiger partial charge is 0.458 e. The van der Waals surface area contributed by atoms with Crippen LogP contribution >= 0.6 is 0 Å². The van der Waals surface area contributed by atoms with Crippen molar-refractivity contribution in [3.05, 3.63) is 24.3 Å². The standard InChI is InChI=1S/C15H20O4/c1-7-4-11(16)13(17)15(3)6-12-9(5-10(7)15)8(2)14(18)19-12/h9-13,16-17H,1-2,4-6H2,3H3/t9-,10+,11+,12-,13+,15-/m1/s1. The van der Waals surface area contributed by atoms with Crippen LogP contribution in [0.15, 0.2) is 24.3 Å². The highest BCUT2D eigenvalue weighted by molar-refractivity contribution is 5.90. The van der Waals surface area contributed by atoms with E-state index >= 15 is 0 Å². The van der Waals surface area contributed by atoms with Crippen molar-refractivity contribution in [2.24, 2.45) is 17.3 Å². The summed E-state index contributed by atoms with van der Waals surface area (Å²) in [7, 11) is 0. The van der Waals surface area contributed by atoms with Gasteiger partial charge in [0, 0.05) is 16.9 Å². The minimum absolute atomic E-state index is 0.0322. The SMILES string of the molecule is C=C1C(=O)O[C@@H]2C[C@]3(C)[C@@H](C[C@H]12)C(=C)C[C@H](O)[C@@H]3O. The Bertz CT molecular complexity index is 469. The molecular weight excluding hydrogens is 244 g/mol. The molecule has 104 valence electrons. The maximum atomic E-state index is 11.6.